The van der Waals surface area contributed by atoms with Crippen LogP contribution in [0.4, 0.5) is 0 Å². The number of nitrogens with zero attached hydrogens (tertiary/aromatic N) is 2. The second-order valence-corrected chi connectivity index (χ2v) is 5.11. The van der Waals surface area contributed by atoms with Gasteiger partial charge in [-0.1, -0.05) is 12.1 Å². The first-order valence-electron chi connectivity index (χ1n) is 5.33. The molecule has 5 nitrogen and oxygen atoms in total. The van der Waals surface area contributed by atoms with Crippen molar-refractivity contribution in [1.82, 2.24) is 10.1 Å². The fourth-order valence-electron chi connectivity index (χ4n) is 1.16. The Morgan fingerprint density at radius 2 is 2.29 bits per heavy atom. The van der Waals surface area contributed by atoms with E-state index in [2.05, 4.69) is 10.1 Å². The molecule has 6 heteroatoms. The van der Waals surface area contributed by atoms with Crippen molar-refractivity contribution in [2.45, 2.75) is 31.0 Å². The summed E-state index contributed by atoms with van der Waals surface area (Å²) in [4.78, 5) is 4.21. The molecule has 0 aromatic carbocycles. The van der Waals surface area contributed by atoms with E-state index in [-0.39, 0.29) is 11.4 Å². The Kier molecular flexibility index (Phi) is 3.86. The summed E-state index contributed by atoms with van der Waals surface area (Å²) in [5.41, 5.74) is 0. The number of thioether (sulfide) groups is 1. The first-order valence-corrected chi connectivity index (χ1v) is 6.38. The van der Waals surface area contributed by atoms with Gasteiger partial charge in [0.25, 0.3) is 0 Å². The molecule has 2 aromatic rings. The minimum Gasteiger partial charge on any atom is -0.461 e. The molecule has 0 radical (unpaired) electrons. The minimum atomic E-state index is -0.354. The molecule has 0 aliphatic carbocycles. The third kappa shape index (κ3) is 3.10. The van der Waals surface area contributed by atoms with Crippen LogP contribution in [0.3, 0.4) is 0 Å². The van der Waals surface area contributed by atoms with Gasteiger partial charge in [0.05, 0.1) is 18.1 Å². The van der Waals surface area contributed by atoms with Crippen LogP contribution in [0.1, 0.15) is 19.7 Å². The number of rotatable bonds is 5. The number of hydrogen-bond donors (Lipinski definition) is 1. The average Bonchev–Trinajstić information content (AvgIpc) is 2.95. The predicted octanol–water partition coefficient (Wildman–Crippen LogP) is 2.33. The maximum Gasteiger partial charge on any atom is 0.238 e. The quantitative estimate of drug-likeness (QED) is 0.882. The third-order valence-electron chi connectivity index (χ3n) is 2.36. The highest BCUT2D eigenvalue weighted by Crippen LogP contribution is 2.21. The van der Waals surface area contributed by atoms with E-state index in [1.165, 1.54) is 0 Å². The molecule has 2 heterocycles. The minimum absolute atomic E-state index is 0.133. The summed E-state index contributed by atoms with van der Waals surface area (Å²) in [6.07, 6.45) is 1.21. The van der Waals surface area contributed by atoms with Crippen molar-refractivity contribution in [2.75, 3.05) is 0 Å². The summed E-state index contributed by atoms with van der Waals surface area (Å²) < 4.78 is 10.3. The fourth-order valence-corrected chi connectivity index (χ4v) is 1.96. The van der Waals surface area contributed by atoms with E-state index in [9.17, 15) is 5.11 Å². The maximum atomic E-state index is 9.35. The van der Waals surface area contributed by atoms with Crippen LogP contribution in [-0.4, -0.2) is 26.6 Å². The summed E-state index contributed by atoms with van der Waals surface area (Å²) in [6.45, 7) is 3.72. The standard InChI is InChI=1S/C11H14N2O3S/c1-7(14)8(2)17-6-10-12-11(13-16-10)9-4-3-5-15-9/h3-5,7-8,14H,6H2,1-2H3. The Bertz CT molecular complexity index is 453. The Morgan fingerprint density at radius 1 is 1.47 bits per heavy atom. The smallest absolute Gasteiger partial charge is 0.238 e. The molecule has 0 fully saturated rings. The van der Waals surface area contributed by atoms with E-state index >= 15 is 0 Å². The zero-order valence-corrected chi connectivity index (χ0v) is 10.5. The maximum absolute atomic E-state index is 9.35. The highest BCUT2D eigenvalue weighted by molar-refractivity contribution is 7.99. The third-order valence-corrected chi connectivity index (χ3v) is 3.69. The van der Waals surface area contributed by atoms with Crippen molar-refractivity contribution in [2.24, 2.45) is 0 Å². The van der Waals surface area contributed by atoms with Gasteiger partial charge in [-0.25, -0.2) is 0 Å². The van der Waals surface area contributed by atoms with Crippen LogP contribution in [0.2, 0.25) is 0 Å². The van der Waals surface area contributed by atoms with Crippen molar-refractivity contribution in [3.8, 4) is 11.6 Å². The Morgan fingerprint density at radius 3 is 2.94 bits per heavy atom. The summed E-state index contributed by atoms with van der Waals surface area (Å²) in [5.74, 6) is 2.16. The molecule has 92 valence electrons. The first-order chi connectivity index (χ1) is 8.16. The molecular formula is C11H14N2O3S. The lowest BCUT2D eigenvalue weighted by molar-refractivity contribution is 0.196. The number of aliphatic hydroxyl groups is 1. The summed E-state index contributed by atoms with van der Waals surface area (Å²) in [5, 5.41) is 13.3. The number of aromatic nitrogens is 2. The lowest BCUT2D eigenvalue weighted by Crippen LogP contribution is -2.15. The number of aliphatic hydroxyl groups excluding tert-OH is 1. The highest BCUT2D eigenvalue weighted by Gasteiger charge is 2.14. The molecule has 17 heavy (non-hydrogen) atoms. The normalized spacial score (nSPS) is 14.8. The van der Waals surface area contributed by atoms with Crippen LogP contribution in [0.15, 0.2) is 27.3 Å². The van der Waals surface area contributed by atoms with Crippen LogP contribution in [-0.2, 0) is 5.75 Å². The van der Waals surface area contributed by atoms with Crippen molar-refractivity contribution < 1.29 is 14.0 Å². The van der Waals surface area contributed by atoms with Gasteiger partial charge in [0, 0.05) is 5.25 Å². The number of furan rings is 1. The van der Waals surface area contributed by atoms with Crippen molar-refractivity contribution in [3.63, 3.8) is 0 Å². The summed E-state index contributed by atoms with van der Waals surface area (Å²) >= 11 is 1.57. The highest BCUT2D eigenvalue weighted by atomic mass is 32.2. The Balaban J connectivity index is 1.95. The molecule has 0 aliphatic heterocycles. The molecule has 0 bridgehead atoms. The molecule has 2 rings (SSSR count). The summed E-state index contributed by atoms with van der Waals surface area (Å²) in [6, 6.07) is 3.55. The van der Waals surface area contributed by atoms with Crippen molar-refractivity contribution in [1.29, 1.82) is 0 Å². The second kappa shape index (κ2) is 5.37. The zero-order valence-electron chi connectivity index (χ0n) is 9.66. The largest absolute Gasteiger partial charge is 0.461 e. The lowest BCUT2D eigenvalue weighted by Gasteiger charge is -2.11. The van der Waals surface area contributed by atoms with Gasteiger partial charge in [-0.2, -0.15) is 4.98 Å². The van der Waals surface area contributed by atoms with Crippen LogP contribution in [0.5, 0.6) is 0 Å². The molecule has 1 N–H and O–H groups in total. The van der Waals surface area contributed by atoms with Crippen molar-refractivity contribution in [3.05, 3.63) is 24.3 Å². The first kappa shape index (κ1) is 12.2. The van der Waals surface area contributed by atoms with Crippen LogP contribution >= 0.6 is 11.8 Å². The average molecular weight is 254 g/mol. The molecule has 0 aliphatic rings. The van der Waals surface area contributed by atoms with E-state index in [0.717, 1.165) is 0 Å². The van der Waals surface area contributed by atoms with Gasteiger partial charge in [-0.05, 0) is 19.1 Å². The van der Waals surface area contributed by atoms with E-state index < -0.39 is 0 Å². The van der Waals surface area contributed by atoms with Crippen molar-refractivity contribution >= 4 is 11.8 Å². The zero-order chi connectivity index (χ0) is 12.3. The topological polar surface area (TPSA) is 72.3 Å². The van der Waals surface area contributed by atoms with E-state index in [0.29, 0.717) is 23.2 Å². The predicted molar refractivity (Wildman–Crippen MR) is 64.4 cm³/mol. The Hall–Kier alpha value is -1.27. The van der Waals surface area contributed by atoms with E-state index in [1.54, 1.807) is 37.1 Å². The van der Waals surface area contributed by atoms with Gasteiger partial charge in [0.15, 0.2) is 5.76 Å². The molecule has 0 amide bonds. The van der Waals surface area contributed by atoms with Gasteiger partial charge in [0.2, 0.25) is 11.7 Å². The Labute approximate surface area is 103 Å². The van der Waals surface area contributed by atoms with Gasteiger partial charge < -0.3 is 14.0 Å². The van der Waals surface area contributed by atoms with Gasteiger partial charge in [0.1, 0.15) is 0 Å². The van der Waals surface area contributed by atoms with Crippen LogP contribution in [0.25, 0.3) is 11.6 Å². The van der Waals surface area contributed by atoms with E-state index in [4.69, 9.17) is 8.94 Å². The van der Waals surface area contributed by atoms with E-state index in [1.807, 2.05) is 6.92 Å². The number of hydrogen-bond acceptors (Lipinski definition) is 6. The molecule has 0 saturated heterocycles. The molecule has 0 spiro atoms. The van der Waals surface area contributed by atoms with Gasteiger partial charge in [-0.15, -0.1) is 11.8 Å². The van der Waals surface area contributed by atoms with Crippen LogP contribution < -0.4 is 0 Å². The SMILES string of the molecule is CC(O)C(C)SCc1nc(-c2ccco2)no1. The molecule has 0 saturated carbocycles. The molecule has 2 unspecified atom stereocenters. The van der Waals surface area contributed by atoms with Crippen LogP contribution in [0, 0.1) is 0 Å². The fraction of sp³-hybridized carbons (Fsp3) is 0.455. The van der Waals surface area contributed by atoms with Gasteiger partial charge in [-0.3, -0.25) is 0 Å². The van der Waals surface area contributed by atoms with Gasteiger partial charge >= 0.3 is 0 Å². The lowest BCUT2D eigenvalue weighted by atomic mass is 10.3. The molecule has 2 atom stereocenters. The molecular weight excluding hydrogens is 240 g/mol. The molecule has 2 aromatic heterocycles. The second-order valence-electron chi connectivity index (χ2n) is 3.75. The monoisotopic (exact) mass is 254 g/mol. The summed E-state index contributed by atoms with van der Waals surface area (Å²) in [7, 11) is 0.